The van der Waals surface area contributed by atoms with Gasteiger partial charge in [-0.1, -0.05) is 0 Å². The zero-order valence-electron chi connectivity index (χ0n) is 16.0. The Kier molecular flexibility index (Phi) is 7.21. The molecule has 0 unspecified atom stereocenters. The van der Waals surface area contributed by atoms with Gasteiger partial charge in [0.25, 0.3) is 0 Å². The first kappa shape index (κ1) is 20.8. The van der Waals surface area contributed by atoms with Crippen molar-refractivity contribution in [2.75, 3.05) is 19.7 Å². The first-order chi connectivity index (χ1) is 14.0. The van der Waals surface area contributed by atoms with Crippen LogP contribution in [0.25, 0.3) is 0 Å². The summed E-state index contributed by atoms with van der Waals surface area (Å²) in [5.41, 5.74) is 0. The minimum Gasteiger partial charge on any atom is -0.491 e. The van der Waals surface area contributed by atoms with Crippen LogP contribution in [0.3, 0.4) is 0 Å². The van der Waals surface area contributed by atoms with Gasteiger partial charge in [0.2, 0.25) is 11.8 Å². The summed E-state index contributed by atoms with van der Waals surface area (Å²) in [5, 5.41) is 2.86. The molecule has 156 valence electrons. The Morgan fingerprint density at radius 3 is 2.69 bits per heavy atom. The maximum Gasteiger partial charge on any atom is 0.223 e. The molecular weight excluding hydrogens is 382 g/mol. The fourth-order valence-corrected chi connectivity index (χ4v) is 3.28. The lowest BCUT2D eigenvalue weighted by Gasteiger charge is -2.31. The summed E-state index contributed by atoms with van der Waals surface area (Å²) >= 11 is 0. The number of furan rings is 1. The Balaban J connectivity index is 1.32. The second kappa shape index (κ2) is 10.0. The first-order valence-corrected chi connectivity index (χ1v) is 9.68. The van der Waals surface area contributed by atoms with Crippen LogP contribution < -0.4 is 10.1 Å². The number of ether oxygens (including phenoxy) is 1. The van der Waals surface area contributed by atoms with Gasteiger partial charge in [-0.05, 0) is 43.5 Å². The van der Waals surface area contributed by atoms with Crippen LogP contribution in [0, 0.1) is 17.6 Å². The quantitative estimate of drug-likeness (QED) is 0.683. The van der Waals surface area contributed by atoms with Crippen LogP contribution in [0.4, 0.5) is 8.78 Å². The summed E-state index contributed by atoms with van der Waals surface area (Å²) in [6.45, 7) is 1.59. The van der Waals surface area contributed by atoms with E-state index in [1.54, 1.807) is 23.3 Å². The van der Waals surface area contributed by atoms with Crippen LogP contribution >= 0.6 is 0 Å². The molecule has 6 nitrogen and oxygen atoms in total. The number of hydrogen-bond donors (Lipinski definition) is 1. The fraction of sp³-hybridized carbons (Fsp3) is 0.429. The van der Waals surface area contributed by atoms with Crippen LogP contribution in [0.15, 0.2) is 41.0 Å². The van der Waals surface area contributed by atoms with Gasteiger partial charge in [0.05, 0.1) is 19.4 Å². The number of hydrogen-bond acceptors (Lipinski definition) is 4. The topological polar surface area (TPSA) is 71.8 Å². The minimum atomic E-state index is -0.760. The van der Waals surface area contributed by atoms with E-state index in [-0.39, 0.29) is 36.5 Å². The molecule has 1 saturated heterocycles. The molecule has 8 heteroatoms. The number of carbonyl (C=O) groups is 2. The molecule has 0 radical (unpaired) electrons. The molecule has 2 amide bonds. The number of benzene rings is 1. The average Bonchev–Trinajstić information content (AvgIpc) is 3.24. The van der Waals surface area contributed by atoms with Crippen molar-refractivity contribution in [1.82, 2.24) is 10.2 Å². The molecule has 2 heterocycles. The molecule has 3 rings (SSSR count). The molecule has 1 aromatic heterocycles. The van der Waals surface area contributed by atoms with Crippen LogP contribution in [-0.2, 0) is 16.1 Å². The molecule has 0 spiro atoms. The Labute approximate surface area is 167 Å². The average molecular weight is 406 g/mol. The van der Waals surface area contributed by atoms with Crippen molar-refractivity contribution in [2.24, 2.45) is 5.92 Å². The number of rotatable bonds is 8. The summed E-state index contributed by atoms with van der Waals surface area (Å²) in [5.74, 6) is -0.898. The highest BCUT2D eigenvalue weighted by molar-refractivity contribution is 5.80. The summed E-state index contributed by atoms with van der Waals surface area (Å²) in [4.78, 5) is 26.3. The number of likely N-dealkylation sites (tertiary alicyclic amines) is 1. The standard InChI is InChI=1S/C21H24F2N2O4/c22-16-5-6-19(18(23)13-16)29-12-2-4-20(26)25-9-7-15(8-10-25)21(27)24-14-17-3-1-11-28-17/h1,3,5-6,11,13,15H,2,4,7-10,12,14H2,(H,24,27). The van der Waals surface area contributed by atoms with Gasteiger partial charge in [-0.15, -0.1) is 0 Å². The molecule has 0 aliphatic carbocycles. The Morgan fingerprint density at radius 2 is 2.00 bits per heavy atom. The Hall–Kier alpha value is -2.90. The van der Waals surface area contributed by atoms with Gasteiger partial charge in [0.1, 0.15) is 11.6 Å². The van der Waals surface area contributed by atoms with Gasteiger partial charge in [0.15, 0.2) is 11.6 Å². The van der Waals surface area contributed by atoms with Crippen LogP contribution in [0.5, 0.6) is 5.75 Å². The molecule has 1 fully saturated rings. The third-order valence-corrected chi connectivity index (χ3v) is 4.92. The highest BCUT2D eigenvalue weighted by Gasteiger charge is 2.27. The summed E-state index contributed by atoms with van der Waals surface area (Å²) in [6, 6.07) is 6.69. The highest BCUT2D eigenvalue weighted by atomic mass is 19.1. The van der Waals surface area contributed by atoms with Crippen molar-refractivity contribution < 1.29 is 27.5 Å². The van der Waals surface area contributed by atoms with Crippen molar-refractivity contribution in [3.63, 3.8) is 0 Å². The van der Waals surface area contributed by atoms with Crippen LogP contribution in [0.2, 0.25) is 0 Å². The molecule has 1 aliphatic rings. The van der Waals surface area contributed by atoms with E-state index in [1.807, 2.05) is 0 Å². The molecule has 1 aliphatic heterocycles. The summed E-state index contributed by atoms with van der Waals surface area (Å²) in [6.07, 6.45) is 3.50. The molecule has 2 aromatic rings. The number of piperidine rings is 1. The molecule has 0 bridgehead atoms. The van der Waals surface area contributed by atoms with E-state index in [2.05, 4.69) is 5.32 Å². The second-order valence-corrected chi connectivity index (χ2v) is 6.98. The van der Waals surface area contributed by atoms with Gasteiger partial charge < -0.3 is 19.4 Å². The van der Waals surface area contributed by atoms with E-state index >= 15 is 0 Å². The lowest BCUT2D eigenvalue weighted by Crippen LogP contribution is -2.42. The summed E-state index contributed by atoms with van der Waals surface area (Å²) in [7, 11) is 0. The molecule has 0 saturated carbocycles. The number of carbonyl (C=O) groups excluding carboxylic acids is 2. The normalized spacial score (nSPS) is 14.6. The zero-order chi connectivity index (χ0) is 20.6. The first-order valence-electron chi connectivity index (χ1n) is 9.68. The van der Waals surface area contributed by atoms with Crippen molar-refractivity contribution in [1.29, 1.82) is 0 Å². The number of amides is 2. The van der Waals surface area contributed by atoms with E-state index in [1.165, 1.54) is 6.07 Å². The van der Waals surface area contributed by atoms with Crippen molar-refractivity contribution in [3.8, 4) is 5.75 Å². The van der Waals surface area contributed by atoms with E-state index < -0.39 is 11.6 Å². The third-order valence-electron chi connectivity index (χ3n) is 4.92. The van der Waals surface area contributed by atoms with Gasteiger partial charge in [-0.25, -0.2) is 8.78 Å². The number of nitrogens with one attached hydrogen (secondary N) is 1. The molecule has 29 heavy (non-hydrogen) atoms. The SMILES string of the molecule is O=C(NCc1ccco1)C1CCN(C(=O)CCCOc2ccc(F)cc2F)CC1. The highest BCUT2D eigenvalue weighted by Crippen LogP contribution is 2.20. The van der Waals surface area contributed by atoms with Gasteiger partial charge >= 0.3 is 0 Å². The van der Waals surface area contributed by atoms with E-state index in [0.717, 1.165) is 12.1 Å². The maximum atomic E-state index is 13.5. The smallest absolute Gasteiger partial charge is 0.223 e. The molecule has 0 atom stereocenters. The lowest BCUT2D eigenvalue weighted by atomic mass is 9.95. The fourth-order valence-electron chi connectivity index (χ4n) is 3.28. The zero-order valence-corrected chi connectivity index (χ0v) is 16.0. The third kappa shape index (κ3) is 6.04. The van der Waals surface area contributed by atoms with E-state index in [0.29, 0.717) is 44.7 Å². The van der Waals surface area contributed by atoms with E-state index in [9.17, 15) is 18.4 Å². The predicted octanol–water partition coefficient (Wildman–Crippen LogP) is 3.27. The van der Waals surface area contributed by atoms with Crippen molar-refractivity contribution >= 4 is 11.8 Å². The van der Waals surface area contributed by atoms with Crippen LogP contribution in [-0.4, -0.2) is 36.4 Å². The Bertz CT molecular complexity index is 818. The lowest BCUT2D eigenvalue weighted by molar-refractivity contribution is -0.135. The van der Waals surface area contributed by atoms with Gasteiger partial charge in [0, 0.05) is 31.5 Å². The molecule has 1 aromatic carbocycles. The predicted molar refractivity (Wildman–Crippen MR) is 101 cm³/mol. The van der Waals surface area contributed by atoms with E-state index in [4.69, 9.17) is 9.15 Å². The van der Waals surface area contributed by atoms with Crippen molar-refractivity contribution in [2.45, 2.75) is 32.2 Å². The van der Waals surface area contributed by atoms with Crippen molar-refractivity contribution in [3.05, 3.63) is 54.0 Å². The second-order valence-electron chi connectivity index (χ2n) is 6.98. The number of halogens is 2. The van der Waals surface area contributed by atoms with Gasteiger partial charge in [-0.3, -0.25) is 9.59 Å². The molecule has 1 N–H and O–H groups in total. The molecular formula is C21H24F2N2O4. The number of nitrogens with zero attached hydrogens (tertiary/aromatic N) is 1. The largest absolute Gasteiger partial charge is 0.491 e. The summed E-state index contributed by atoms with van der Waals surface area (Å²) < 4.78 is 36.8. The van der Waals surface area contributed by atoms with Gasteiger partial charge in [-0.2, -0.15) is 0 Å². The Morgan fingerprint density at radius 1 is 1.21 bits per heavy atom. The minimum absolute atomic E-state index is 0.0115. The van der Waals surface area contributed by atoms with Crippen LogP contribution in [0.1, 0.15) is 31.4 Å². The maximum absolute atomic E-state index is 13.5. The monoisotopic (exact) mass is 406 g/mol.